The van der Waals surface area contributed by atoms with E-state index in [4.69, 9.17) is 9.47 Å². The second-order valence-electron chi connectivity index (χ2n) is 4.60. The summed E-state index contributed by atoms with van der Waals surface area (Å²) in [6.07, 6.45) is 0. The smallest absolute Gasteiger partial charge is 0.130 e. The van der Waals surface area contributed by atoms with Gasteiger partial charge < -0.3 is 9.47 Å². The Bertz CT molecular complexity index is 725. The molecule has 0 aromatic heterocycles. The van der Waals surface area contributed by atoms with Crippen LogP contribution in [0.4, 0.5) is 0 Å². The second kappa shape index (κ2) is 5.25. The Labute approximate surface area is 118 Å². The Morgan fingerprint density at radius 1 is 0.650 bits per heavy atom. The van der Waals surface area contributed by atoms with Gasteiger partial charge in [-0.05, 0) is 34.5 Å². The van der Waals surface area contributed by atoms with E-state index in [1.165, 1.54) is 10.8 Å². The Morgan fingerprint density at radius 3 is 1.95 bits per heavy atom. The van der Waals surface area contributed by atoms with Crippen LogP contribution in [0.25, 0.3) is 21.9 Å². The highest BCUT2D eigenvalue weighted by Crippen LogP contribution is 2.39. The van der Waals surface area contributed by atoms with Crippen LogP contribution in [-0.4, -0.2) is 14.2 Å². The zero-order chi connectivity index (χ0) is 13.9. The highest BCUT2D eigenvalue weighted by atomic mass is 16.5. The molecule has 0 aliphatic heterocycles. The molecule has 0 aliphatic carbocycles. The molecule has 0 radical (unpaired) electrons. The van der Waals surface area contributed by atoms with E-state index >= 15 is 0 Å². The standard InChI is InChI=1S/C18H16O2/c1-19-16-8-5-9-17(20-2)18(16)15-11-10-13-6-3-4-7-14(13)12-15/h3-12H,1-2H3. The van der Waals surface area contributed by atoms with Crippen LogP contribution in [0, 0.1) is 0 Å². The highest BCUT2D eigenvalue weighted by Gasteiger charge is 2.12. The summed E-state index contributed by atoms with van der Waals surface area (Å²) in [6, 6.07) is 20.5. The molecule has 0 spiro atoms. The van der Waals surface area contributed by atoms with Crippen molar-refractivity contribution in [3.05, 3.63) is 60.7 Å². The lowest BCUT2D eigenvalue weighted by Gasteiger charge is -2.13. The van der Waals surface area contributed by atoms with Crippen LogP contribution in [-0.2, 0) is 0 Å². The van der Waals surface area contributed by atoms with Crippen LogP contribution in [0.5, 0.6) is 11.5 Å². The predicted molar refractivity (Wildman–Crippen MR) is 82.5 cm³/mol. The molecule has 0 amide bonds. The van der Waals surface area contributed by atoms with Gasteiger partial charge in [0.05, 0.1) is 19.8 Å². The molecular formula is C18H16O2. The molecule has 0 fully saturated rings. The van der Waals surface area contributed by atoms with Gasteiger partial charge in [0.25, 0.3) is 0 Å². The van der Waals surface area contributed by atoms with E-state index < -0.39 is 0 Å². The lowest BCUT2D eigenvalue weighted by molar-refractivity contribution is 0.397. The normalized spacial score (nSPS) is 10.5. The van der Waals surface area contributed by atoms with E-state index in [-0.39, 0.29) is 0 Å². The van der Waals surface area contributed by atoms with Crippen molar-refractivity contribution in [2.24, 2.45) is 0 Å². The van der Waals surface area contributed by atoms with Crippen molar-refractivity contribution in [3.8, 4) is 22.6 Å². The van der Waals surface area contributed by atoms with Gasteiger partial charge in [0, 0.05) is 0 Å². The lowest BCUT2D eigenvalue weighted by atomic mass is 9.99. The van der Waals surface area contributed by atoms with Gasteiger partial charge in [0.15, 0.2) is 0 Å². The van der Waals surface area contributed by atoms with Crippen LogP contribution in [0.1, 0.15) is 0 Å². The fourth-order valence-corrected chi connectivity index (χ4v) is 2.48. The molecule has 3 aromatic carbocycles. The zero-order valence-corrected chi connectivity index (χ0v) is 11.6. The third-order valence-corrected chi connectivity index (χ3v) is 3.47. The molecule has 0 heterocycles. The molecule has 2 nitrogen and oxygen atoms in total. The average molecular weight is 264 g/mol. The summed E-state index contributed by atoms with van der Waals surface area (Å²) in [5.74, 6) is 1.64. The van der Waals surface area contributed by atoms with E-state index in [2.05, 4.69) is 30.3 Å². The molecule has 0 unspecified atom stereocenters. The Balaban J connectivity index is 2.24. The summed E-state index contributed by atoms with van der Waals surface area (Å²) in [5, 5.41) is 2.43. The molecule has 0 saturated heterocycles. The number of hydrogen-bond acceptors (Lipinski definition) is 2. The largest absolute Gasteiger partial charge is 0.496 e. The minimum atomic E-state index is 0.819. The first-order valence-corrected chi connectivity index (χ1v) is 6.53. The van der Waals surface area contributed by atoms with E-state index in [0.717, 1.165) is 22.6 Å². The molecule has 0 saturated carbocycles. The number of hydrogen-bond donors (Lipinski definition) is 0. The Morgan fingerprint density at radius 2 is 1.30 bits per heavy atom. The van der Waals surface area contributed by atoms with Crippen molar-refractivity contribution in [2.45, 2.75) is 0 Å². The lowest BCUT2D eigenvalue weighted by Crippen LogP contribution is -1.92. The SMILES string of the molecule is COc1cccc(OC)c1-c1ccc2ccccc2c1. The first-order chi connectivity index (χ1) is 9.83. The molecule has 0 aliphatic rings. The Hall–Kier alpha value is -2.48. The van der Waals surface area contributed by atoms with E-state index in [1.54, 1.807) is 14.2 Å². The summed E-state index contributed by atoms with van der Waals surface area (Å²) < 4.78 is 10.9. The first kappa shape index (κ1) is 12.5. The fourth-order valence-electron chi connectivity index (χ4n) is 2.48. The van der Waals surface area contributed by atoms with E-state index in [0.29, 0.717) is 0 Å². The van der Waals surface area contributed by atoms with Gasteiger partial charge in [-0.15, -0.1) is 0 Å². The minimum absolute atomic E-state index is 0.819. The first-order valence-electron chi connectivity index (χ1n) is 6.53. The highest BCUT2D eigenvalue weighted by molar-refractivity contribution is 5.89. The molecule has 0 bridgehead atoms. The van der Waals surface area contributed by atoms with Crippen molar-refractivity contribution in [3.63, 3.8) is 0 Å². The van der Waals surface area contributed by atoms with Crippen LogP contribution in [0.2, 0.25) is 0 Å². The third-order valence-electron chi connectivity index (χ3n) is 3.47. The number of methoxy groups -OCH3 is 2. The van der Waals surface area contributed by atoms with Gasteiger partial charge in [0.2, 0.25) is 0 Å². The molecule has 3 aromatic rings. The molecule has 100 valence electrons. The Kier molecular flexibility index (Phi) is 3.30. The molecule has 20 heavy (non-hydrogen) atoms. The summed E-state index contributed by atoms with van der Waals surface area (Å²) in [4.78, 5) is 0. The number of ether oxygens (including phenoxy) is 2. The summed E-state index contributed by atoms with van der Waals surface area (Å²) in [7, 11) is 3.36. The van der Waals surface area contributed by atoms with Crippen LogP contribution < -0.4 is 9.47 Å². The van der Waals surface area contributed by atoms with Crippen molar-refractivity contribution in [1.82, 2.24) is 0 Å². The van der Waals surface area contributed by atoms with Gasteiger partial charge in [-0.3, -0.25) is 0 Å². The van der Waals surface area contributed by atoms with Crippen LogP contribution in [0.3, 0.4) is 0 Å². The zero-order valence-electron chi connectivity index (χ0n) is 11.6. The van der Waals surface area contributed by atoms with Crippen molar-refractivity contribution < 1.29 is 9.47 Å². The van der Waals surface area contributed by atoms with Gasteiger partial charge in [0.1, 0.15) is 11.5 Å². The maximum Gasteiger partial charge on any atom is 0.130 e. The maximum atomic E-state index is 5.47. The molecule has 0 atom stereocenters. The minimum Gasteiger partial charge on any atom is -0.496 e. The predicted octanol–water partition coefficient (Wildman–Crippen LogP) is 4.52. The molecule has 2 heteroatoms. The summed E-state index contributed by atoms with van der Waals surface area (Å²) in [5.41, 5.74) is 2.08. The molecule has 3 rings (SSSR count). The quantitative estimate of drug-likeness (QED) is 0.692. The fraction of sp³-hybridized carbons (Fsp3) is 0.111. The summed E-state index contributed by atoms with van der Waals surface area (Å²) >= 11 is 0. The van der Waals surface area contributed by atoms with Gasteiger partial charge in [-0.1, -0.05) is 42.5 Å². The average Bonchev–Trinajstić information content (AvgIpc) is 2.53. The number of fused-ring (bicyclic) bond motifs is 1. The third kappa shape index (κ3) is 2.10. The van der Waals surface area contributed by atoms with Crippen LogP contribution >= 0.6 is 0 Å². The maximum absolute atomic E-state index is 5.47. The molecule has 0 N–H and O–H groups in total. The molecular weight excluding hydrogens is 248 g/mol. The topological polar surface area (TPSA) is 18.5 Å². The van der Waals surface area contributed by atoms with Gasteiger partial charge >= 0.3 is 0 Å². The van der Waals surface area contributed by atoms with Crippen molar-refractivity contribution in [2.75, 3.05) is 14.2 Å². The number of benzene rings is 3. The van der Waals surface area contributed by atoms with Crippen molar-refractivity contribution >= 4 is 10.8 Å². The van der Waals surface area contributed by atoms with Crippen LogP contribution in [0.15, 0.2) is 60.7 Å². The van der Waals surface area contributed by atoms with Gasteiger partial charge in [-0.25, -0.2) is 0 Å². The summed E-state index contributed by atoms with van der Waals surface area (Å²) in [6.45, 7) is 0. The van der Waals surface area contributed by atoms with Gasteiger partial charge in [-0.2, -0.15) is 0 Å². The van der Waals surface area contributed by atoms with E-state index in [9.17, 15) is 0 Å². The monoisotopic (exact) mass is 264 g/mol. The van der Waals surface area contributed by atoms with Crippen molar-refractivity contribution in [1.29, 1.82) is 0 Å². The second-order valence-corrected chi connectivity index (χ2v) is 4.60. The number of rotatable bonds is 3. The van der Waals surface area contributed by atoms with E-state index in [1.807, 2.05) is 30.3 Å².